The molecule has 0 saturated carbocycles. The SMILES string of the molecule is Cc1c(F)cc(C(C)C)cc1S(=O)(=O)CCO. The minimum absolute atomic E-state index is 0.0183. The van der Waals surface area contributed by atoms with Gasteiger partial charge in [0.2, 0.25) is 0 Å². The van der Waals surface area contributed by atoms with E-state index in [0.717, 1.165) is 0 Å². The maximum Gasteiger partial charge on any atom is 0.181 e. The number of aliphatic hydroxyl groups excluding tert-OH is 1. The van der Waals surface area contributed by atoms with Gasteiger partial charge in [-0.2, -0.15) is 0 Å². The molecule has 0 saturated heterocycles. The summed E-state index contributed by atoms with van der Waals surface area (Å²) in [5.41, 5.74) is 0.757. The van der Waals surface area contributed by atoms with Crippen molar-refractivity contribution >= 4 is 9.84 Å². The molecule has 0 aliphatic heterocycles. The summed E-state index contributed by atoms with van der Waals surface area (Å²) in [6.07, 6.45) is 0. The third kappa shape index (κ3) is 3.04. The molecule has 0 aromatic heterocycles. The van der Waals surface area contributed by atoms with E-state index in [-0.39, 0.29) is 22.1 Å². The predicted octanol–water partition coefficient (Wildman–Crippen LogP) is 2.02. The molecule has 0 atom stereocenters. The van der Waals surface area contributed by atoms with Gasteiger partial charge in [0.25, 0.3) is 0 Å². The summed E-state index contributed by atoms with van der Waals surface area (Å²) >= 11 is 0. The van der Waals surface area contributed by atoms with Gasteiger partial charge in [0.1, 0.15) is 5.82 Å². The molecule has 5 heteroatoms. The lowest BCUT2D eigenvalue weighted by atomic mass is 10.0. The fourth-order valence-electron chi connectivity index (χ4n) is 1.56. The molecular formula is C12H17FO3S. The highest BCUT2D eigenvalue weighted by Crippen LogP contribution is 2.25. The van der Waals surface area contributed by atoms with E-state index in [1.54, 1.807) is 0 Å². The van der Waals surface area contributed by atoms with Crippen LogP contribution in [0.4, 0.5) is 4.39 Å². The Balaban J connectivity index is 3.43. The van der Waals surface area contributed by atoms with Crippen molar-refractivity contribution in [2.24, 2.45) is 0 Å². The molecule has 1 aromatic carbocycles. The number of sulfone groups is 1. The van der Waals surface area contributed by atoms with Crippen LogP contribution in [0.1, 0.15) is 30.9 Å². The van der Waals surface area contributed by atoms with Crippen LogP contribution in [0.15, 0.2) is 17.0 Å². The van der Waals surface area contributed by atoms with Crippen molar-refractivity contribution < 1.29 is 17.9 Å². The van der Waals surface area contributed by atoms with Crippen molar-refractivity contribution in [3.8, 4) is 0 Å². The summed E-state index contributed by atoms with van der Waals surface area (Å²) in [5.74, 6) is -0.852. The number of halogens is 1. The Kier molecular flexibility index (Phi) is 4.27. The van der Waals surface area contributed by atoms with Crippen molar-refractivity contribution in [2.45, 2.75) is 31.6 Å². The maximum atomic E-state index is 13.6. The van der Waals surface area contributed by atoms with Crippen molar-refractivity contribution in [1.82, 2.24) is 0 Å². The highest BCUT2D eigenvalue weighted by atomic mass is 32.2. The lowest BCUT2D eigenvalue weighted by Gasteiger charge is -2.12. The van der Waals surface area contributed by atoms with E-state index in [1.807, 2.05) is 13.8 Å². The molecule has 1 rings (SSSR count). The second kappa shape index (κ2) is 5.14. The molecule has 3 nitrogen and oxygen atoms in total. The first kappa shape index (κ1) is 14.1. The maximum absolute atomic E-state index is 13.6. The Morgan fingerprint density at radius 1 is 1.35 bits per heavy atom. The molecule has 0 spiro atoms. The summed E-state index contributed by atoms with van der Waals surface area (Å²) in [6, 6.07) is 2.85. The van der Waals surface area contributed by atoms with Gasteiger partial charge >= 0.3 is 0 Å². The minimum Gasteiger partial charge on any atom is -0.395 e. The topological polar surface area (TPSA) is 54.4 Å². The summed E-state index contributed by atoms with van der Waals surface area (Å²) in [6.45, 7) is 4.71. The van der Waals surface area contributed by atoms with Gasteiger partial charge in [-0.15, -0.1) is 0 Å². The lowest BCUT2D eigenvalue weighted by Crippen LogP contribution is -2.13. The molecule has 1 aromatic rings. The molecule has 1 N–H and O–H groups in total. The number of rotatable bonds is 4. The van der Waals surface area contributed by atoms with Crippen molar-refractivity contribution in [1.29, 1.82) is 0 Å². The summed E-state index contributed by atoms with van der Waals surface area (Å²) in [4.78, 5) is -0.0183. The van der Waals surface area contributed by atoms with Gasteiger partial charge in [-0.1, -0.05) is 13.8 Å². The van der Waals surface area contributed by atoms with Gasteiger partial charge in [0.05, 0.1) is 17.3 Å². The Bertz CT molecular complexity index is 507. The van der Waals surface area contributed by atoms with E-state index in [2.05, 4.69) is 0 Å². The molecule has 96 valence electrons. The van der Waals surface area contributed by atoms with Gasteiger partial charge in [0.15, 0.2) is 9.84 Å². The molecule has 0 aliphatic carbocycles. The fraction of sp³-hybridized carbons (Fsp3) is 0.500. The molecule has 0 radical (unpaired) electrons. The molecule has 0 amide bonds. The number of hydrogen-bond donors (Lipinski definition) is 1. The molecule has 17 heavy (non-hydrogen) atoms. The number of benzene rings is 1. The molecular weight excluding hydrogens is 243 g/mol. The van der Waals surface area contributed by atoms with Gasteiger partial charge in [-0.05, 0) is 30.5 Å². The van der Waals surface area contributed by atoms with Crippen molar-refractivity contribution in [2.75, 3.05) is 12.4 Å². The Labute approximate surface area is 101 Å². The monoisotopic (exact) mass is 260 g/mol. The highest BCUT2D eigenvalue weighted by molar-refractivity contribution is 7.91. The zero-order valence-electron chi connectivity index (χ0n) is 10.2. The Morgan fingerprint density at radius 2 is 1.94 bits per heavy atom. The minimum atomic E-state index is -3.61. The zero-order valence-corrected chi connectivity index (χ0v) is 11.0. The van der Waals surface area contributed by atoms with Crippen molar-refractivity contribution in [3.05, 3.63) is 29.1 Å². The Morgan fingerprint density at radius 3 is 2.41 bits per heavy atom. The van der Waals surface area contributed by atoms with Crippen molar-refractivity contribution in [3.63, 3.8) is 0 Å². The normalized spacial score (nSPS) is 12.1. The van der Waals surface area contributed by atoms with E-state index in [4.69, 9.17) is 5.11 Å². The van der Waals surface area contributed by atoms with Crippen LogP contribution < -0.4 is 0 Å². The first-order valence-corrected chi connectivity index (χ1v) is 7.08. The van der Waals surface area contributed by atoms with Crippen LogP contribution in [0.5, 0.6) is 0 Å². The fourth-order valence-corrected chi connectivity index (χ4v) is 2.90. The second-order valence-electron chi connectivity index (χ2n) is 4.32. The van der Waals surface area contributed by atoms with E-state index in [1.165, 1.54) is 19.1 Å². The molecule has 0 unspecified atom stereocenters. The first-order valence-electron chi connectivity index (χ1n) is 5.43. The van der Waals surface area contributed by atoms with E-state index in [9.17, 15) is 12.8 Å². The summed E-state index contributed by atoms with van der Waals surface area (Å²) in [5, 5.41) is 8.73. The summed E-state index contributed by atoms with van der Waals surface area (Å²) in [7, 11) is -3.61. The lowest BCUT2D eigenvalue weighted by molar-refractivity contribution is 0.319. The van der Waals surface area contributed by atoms with Crippen LogP contribution in [-0.2, 0) is 9.84 Å². The second-order valence-corrected chi connectivity index (χ2v) is 6.40. The Hall–Kier alpha value is -0.940. The van der Waals surface area contributed by atoms with Crippen LogP contribution in [0.25, 0.3) is 0 Å². The molecule has 0 fully saturated rings. The zero-order chi connectivity index (χ0) is 13.2. The van der Waals surface area contributed by atoms with E-state index in [0.29, 0.717) is 5.56 Å². The van der Waals surface area contributed by atoms with Gasteiger partial charge in [-0.25, -0.2) is 12.8 Å². The van der Waals surface area contributed by atoms with Crippen LogP contribution >= 0.6 is 0 Å². The third-order valence-corrected chi connectivity index (χ3v) is 4.49. The van der Waals surface area contributed by atoms with Gasteiger partial charge < -0.3 is 5.11 Å². The predicted molar refractivity (Wildman–Crippen MR) is 64.4 cm³/mol. The molecule has 0 bridgehead atoms. The highest BCUT2D eigenvalue weighted by Gasteiger charge is 2.20. The number of hydrogen-bond acceptors (Lipinski definition) is 3. The van der Waals surface area contributed by atoms with Crippen LogP contribution in [0, 0.1) is 12.7 Å². The van der Waals surface area contributed by atoms with Gasteiger partial charge in [-0.3, -0.25) is 0 Å². The quantitative estimate of drug-likeness (QED) is 0.901. The summed E-state index contributed by atoms with van der Waals surface area (Å²) < 4.78 is 37.4. The van der Waals surface area contributed by atoms with E-state index >= 15 is 0 Å². The van der Waals surface area contributed by atoms with Crippen LogP contribution in [0.3, 0.4) is 0 Å². The molecule has 0 aliphatic rings. The number of aliphatic hydroxyl groups is 1. The first-order chi connectivity index (χ1) is 7.79. The largest absolute Gasteiger partial charge is 0.395 e. The standard InChI is InChI=1S/C12H17FO3S/c1-8(2)10-6-11(13)9(3)12(7-10)17(15,16)5-4-14/h6-8,14H,4-5H2,1-3H3. The van der Waals surface area contributed by atoms with Gasteiger partial charge in [0, 0.05) is 5.56 Å². The van der Waals surface area contributed by atoms with E-state index < -0.39 is 22.3 Å². The average Bonchev–Trinajstić information content (AvgIpc) is 2.21. The molecule has 0 heterocycles. The third-order valence-electron chi connectivity index (χ3n) is 2.68. The van der Waals surface area contributed by atoms with Crippen LogP contribution in [0.2, 0.25) is 0 Å². The average molecular weight is 260 g/mol. The van der Waals surface area contributed by atoms with Crippen LogP contribution in [-0.4, -0.2) is 25.9 Å². The smallest absolute Gasteiger partial charge is 0.181 e.